The molecule has 0 saturated carbocycles. The lowest BCUT2D eigenvalue weighted by Crippen LogP contribution is -2.20. The lowest BCUT2D eigenvalue weighted by molar-refractivity contribution is 0.0492. The smallest absolute Gasteiger partial charge is 0.158 e. The highest BCUT2D eigenvalue weighted by molar-refractivity contribution is 5.55. The van der Waals surface area contributed by atoms with Gasteiger partial charge >= 0.3 is 0 Å². The van der Waals surface area contributed by atoms with Crippen LogP contribution in [-0.2, 0) is 11.3 Å². The highest BCUT2D eigenvalue weighted by Crippen LogP contribution is 2.34. The first-order valence-electron chi connectivity index (χ1n) is 5.99. The van der Waals surface area contributed by atoms with Crippen LogP contribution in [0.2, 0.25) is 0 Å². The Morgan fingerprint density at radius 1 is 1.22 bits per heavy atom. The average molecular weight is 241 g/mol. The molecule has 18 heavy (non-hydrogen) atoms. The largest absolute Gasteiger partial charge is 0.507 e. The first kappa shape index (κ1) is 11.1. The summed E-state index contributed by atoms with van der Waals surface area (Å²) in [5, 5.41) is 13.1. The SMILES string of the molecule is Cc1ccc2c(c1)COC(c1ccccc1O)N2. The molecule has 1 atom stereocenters. The van der Waals surface area contributed by atoms with Gasteiger partial charge in [-0.25, -0.2) is 0 Å². The molecule has 0 aromatic heterocycles. The molecule has 2 aromatic rings. The molecule has 1 unspecified atom stereocenters. The number of aryl methyl sites for hydroxylation is 1. The molecule has 0 spiro atoms. The quantitative estimate of drug-likeness (QED) is 0.804. The van der Waals surface area contributed by atoms with Gasteiger partial charge in [-0.3, -0.25) is 0 Å². The standard InChI is InChI=1S/C15H15NO2/c1-10-6-7-13-11(8-10)9-18-15(16-13)12-4-2-3-5-14(12)17/h2-8,15-17H,9H2,1H3. The van der Waals surface area contributed by atoms with Gasteiger partial charge in [0.2, 0.25) is 0 Å². The minimum atomic E-state index is -0.290. The molecular formula is C15H15NO2. The van der Waals surface area contributed by atoms with Crippen molar-refractivity contribution in [2.75, 3.05) is 5.32 Å². The third-order valence-corrected chi connectivity index (χ3v) is 3.17. The van der Waals surface area contributed by atoms with E-state index in [4.69, 9.17) is 4.74 Å². The second-order valence-corrected chi connectivity index (χ2v) is 4.55. The molecule has 0 saturated heterocycles. The molecule has 3 heteroatoms. The van der Waals surface area contributed by atoms with Gasteiger partial charge in [0.25, 0.3) is 0 Å². The summed E-state index contributed by atoms with van der Waals surface area (Å²) < 4.78 is 5.76. The van der Waals surface area contributed by atoms with Crippen molar-refractivity contribution in [3.05, 3.63) is 59.2 Å². The second kappa shape index (κ2) is 4.35. The van der Waals surface area contributed by atoms with E-state index in [0.717, 1.165) is 16.8 Å². The van der Waals surface area contributed by atoms with Gasteiger partial charge in [0.15, 0.2) is 6.23 Å². The maximum Gasteiger partial charge on any atom is 0.158 e. The topological polar surface area (TPSA) is 41.5 Å². The predicted molar refractivity (Wildman–Crippen MR) is 70.4 cm³/mol. The molecule has 3 nitrogen and oxygen atoms in total. The van der Waals surface area contributed by atoms with Crippen molar-refractivity contribution in [1.29, 1.82) is 0 Å². The number of aromatic hydroxyl groups is 1. The number of hydrogen-bond donors (Lipinski definition) is 2. The van der Waals surface area contributed by atoms with Crippen molar-refractivity contribution in [2.45, 2.75) is 19.8 Å². The molecule has 2 aromatic carbocycles. The zero-order chi connectivity index (χ0) is 12.5. The maximum atomic E-state index is 9.83. The Kier molecular flexibility index (Phi) is 2.68. The van der Waals surface area contributed by atoms with Crippen LogP contribution in [0.1, 0.15) is 22.9 Å². The fraction of sp³-hybridized carbons (Fsp3) is 0.200. The van der Waals surface area contributed by atoms with E-state index in [1.165, 1.54) is 5.56 Å². The molecule has 3 rings (SSSR count). The summed E-state index contributed by atoms with van der Waals surface area (Å²) in [6.45, 7) is 2.62. The summed E-state index contributed by atoms with van der Waals surface area (Å²) in [4.78, 5) is 0. The van der Waals surface area contributed by atoms with Crippen LogP contribution in [0, 0.1) is 6.92 Å². The van der Waals surface area contributed by atoms with E-state index in [1.807, 2.05) is 12.1 Å². The number of anilines is 1. The molecule has 1 heterocycles. The van der Waals surface area contributed by atoms with E-state index < -0.39 is 0 Å². The maximum absolute atomic E-state index is 9.83. The third kappa shape index (κ3) is 1.93. The monoisotopic (exact) mass is 241 g/mol. The van der Waals surface area contributed by atoms with Gasteiger partial charge in [0.05, 0.1) is 6.61 Å². The normalized spacial score (nSPS) is 17.9. The number of para-hydroxylation sites is 1. The van der Waals surface area contributed by atoms with Crippen molar-refractivity contribution in [2.24, 2.45) is 0 Å². The van der Waals surface area contributed by atoms with Crippen molar-refractivity contribution in [1.82, 2.24) is 0 Å². The lowest BCUT2D eigenvalue weighted by Gasteiger charge is -2.28. The van der Waals surface area contributed by atoms with Gasteiger partial charge in [-0.15, -0.1) is 0 Å². The lowest BCUT2D eigenvalue weighted by atomic mass is 10.1. The van der Waals surface area contributed by atoms with E-state index in [2.05, 4.69) is 30.4 Å². The minimum Gasteiger partial charge on any atom is -0.507 e. The zero-order valence-electron chi connectivity index (χ0n) is 10.2. The van der Waals surface area contributed by atoms with Gasteiger partial charge in [-0.2, -0.15) is 0 Å². The Morgan fingerprint density at radius 2 is 2.06 bits per heavy atom. The number of phenols is 1. The van der Waals surface area contributed by atoms with Crippen LogP contribution in [0.15, 0.2) is 42.5 Å². The number of phenolic OH excluding ortho intramolecular Hbond substituents is 1. The number of rotatable bonds is 1. The predicted octanol–water partition coefficient (Wildman–Crippen LogP) is 3.34. The van der Waals surface area contributed by atoms with E-state index >= 15 is 0 Å². The number of fused-ring (bicyclic) bond motifs is 1. The van der Waals surface area contributed by atoms with E-state index in [9.17, 15) is 5.11 Å². The molecule has 0 aliphatic carbocycles. The Bertz CT molecular complexity index is 580. The zero-order valence-corrected chi connectivity index (χ0v) is 10.2. The van der Waals surface area contributed by atoms with Gasteiger partial charge in [0.1, 0.15) is 5.75 Å². The van der Waals surface area contributed by atoms with E-state index in [-0.39, 0.29) is 12.0 Å². The van der Waals surface area contributed by atoms with Crippen LogP contribution in [0.5, 0.6) is 5.75 Å². The van der Waals surface area contributed by atoms with Gasteiger partial charge in [-0.05, 0) is 19.1 Å². The van der Waals surface area contributed by atoms with Crippen LogP contribution < -0.4 is 5.32 Å². The molecule has 1 aliphatic rings. The fourth-order valence-corrected chi connectivity index (χ4v) is 2.22. The average Bonchev–Trinajstić information content (AvgIpc) is 2.39. The second-order valence-electron chi connectivity index (χ2n) is 4.55. The van der Waals surface area contributed by atoms with Gasteiger partial charge in [-0.1, -0.05) is 35.9 Å². The van der Waals surface area contributed by atoms with Crippen molar-refractivity contribution in [3.8, 4) is 5.75 Å². The molecule has 0 fully saturated rings. The molecule has 1 aliphatic heterocycles. The fourth-order valence-electron chi connectivity index (χ4n) is 2.22. The summed E-state index contributed by atoms with van der Waals surface area (Å²) in [6, 6.07) is 13.5. The highest BCUT2D eigenvalue weighted by atomic mass is 16.5. The van der Waals surface area contributed by atoms with Crippen LogP contribution in [0.3, 0.4) is 0 Å². The first-order valence-corrected chi connectivity index (χ1v) is 5.99. The summed E-state index contributed by atoms with van der Waals surface area (Å²) in [5.74, 6) is 0.255. The van der Waals surface area contributed by atoms with Crippen molar-refractivity contribution < 1.29 is 9.84 Å². The Labute approximate surface area is 106 Å². The molecule has 92 valence electrons. The van der Waals surface area contributed by atoms with Crippen molar-refractivity contribution in [3.63, 3.8) is 0 Å². The minimum absolute atomic E-state index is 0.255. The molecule has 0 amide bonds. The molecule has 0 bridgehead atoms. The van der Waals surface area contributed by atoms with Gasteiger partial charge in [0, 0.05) is 16.8 Å². The number of nitrogens with one attached hydrogen (secondary N) is 1. The van der Waals surface area contributed by atoms with Crippen molar-refractivity contribution >= 4 is 5.69 Å². The summed E-state index contributed by atoms with van der Waals surface area (Å²) in [5.41, 5.74) is 4.21. The van der Waals surface area contributed by atoms with Crippen LogP contribution in [0.25, 0.3) is 0 Å². The van der Waals surface area contributed by atoms with Gasteiger partial charge < -0.3 is 15.2 Å². The van der Waals surface area contributed by atoms with Crippen LogP contribution in [-0.4, -0.2) is 5.11 Å². The third-order valence-electron chi connectivity index (χ3n) is 3.17. The Hall–Kier alpha value is -2.00. The first-order chi connectivity index (χ1) is 8.74. The number of benzene rings is 2. The number of ether oxygens (including phenoxy) is 1. The van der Waals surface area contributed by atoms with E-state index in [1.54, 1.807) is 12.1 Å². The molecule has 2 N–H and O–H groups in total. The molecular weight excluding hydrogens is 226 g/mol. The number of hydrogen-bond acceptors (Lipinski definition) is 3. The van der Waals surface area contributed by atoms with E-state index in [0.29, 0.717) is 6.61 Å². The Balaban J connectivity index is 1.92. The summed E-state index contributed by atoms with van der Waals surface area (Å²) in [7, 11) is 0. The summed E-state index contributed by atoms with van der Waals surface area (Å²) >= 11 is 0. The summed E-state index contributed by atoms with van der Waals surface area (Å²) in [6.07, 6.45) is -0.290. The van der Waals surface area contributed by atoms with Crippen LogP contribution >= 0.6 is 0 Å². The molecule has 0 radical (unpaired) electrons. The highest BCUT2D eigenvalue weighted by Gasteiger charge is 2.21. The van der Waals surface area contributed by atoms with Crippen LogP contribution in [0.4, 0.5) is 5.69 Å². The Morgan fingerprint density at radius 3 is 2.89 bits per heavy atom.